The summed E-state index contributed by atoms with van der Waals surface area (Å²) in [6.45, 7) is 0. The number of amides is 2. The van der Waals surface area contributed by atoms with Crippen LogP contribution in [0, 0.1) is 0 Å². The summed E-state index contributed by atoms with van der Waals surface area (Å²) < 4.78 is 0.620. The topological polar surface area (TPSA) is 139 Å². The lowest BCUT2D eigenvalue weighted by molar-refractivity contribution is -0.150. The Morgan fingerprint density at radius 3 is 2.79 bits per heavy atom. The zero-order valence-corrected chi connectivity index (χ0v) is 21.3. The summed E-state index contributed by atoms with van der Waals surface area (Å²) in [6, 6.07) is 4.17. The molecule has 3 heterocycles. The molecule has 0 saturated carbocycles. The van der Waals surface area contributed by atoms with Crippen molar-refractivity contribution in [3.05, 3.63) is 39.5 Å². The van der Waals surface area contributed by atoms with Crippen molar-refractivity contribution >= 4 is 92.7 Å². The number of halogens is 2. The first-order chi connectivity index (χ1) is 15.7. The molecule has 33 heavy (non-hydrogen) atoms. The van der Waals surface area contributed by atoms with Crippen LogP contribution in [0.3, 0.4) is 0 Å². The minimum absolute atomic E-state index is 0.0374. The van der Waals surface area contributed by atoms with E-state index >= 15 is 0 Å². The molecule has 2 aromatic rings. The lowest BCUT2D eigenvalue weighted by Crippen LogP contribution is -2.70. The number of nitrogens with one attached hydrogen (secondary N) is 1. The van der Waals surface area contributed by atoms with Gasteiger partial charge in [0.1, 0.15) is 17.1 Å². The molecule has 1 saturated heterocycles. The van der Waals surface area contributed by atoms with Crippen molar-refractivity contribution in [2.45, 2.75) is 20.7 Å². The molecule has 2 atom stereocenters. The Labute approximate surface area is 214 Å². The number of carbonyl (C=O) groups excluding carboxylic acids is 2. The van der Waals surface area contributed by atoms with Gasteiger partial charge in [0.15, 0.2) is 4.34 Å². The molecule has 1 fully saturated rings. The highest BCUT2D eigenvalue weighted by Crippen LogP contribution is 2.42. The molecular formula is C18H15Cl2N5O4S4. The van der Waals surface area contributed by atoms with E-state index in [1.54, 1.807) is 18.2 Å². The maximum atomic E-state index is 12.8. The fourth-order valence-corrected chi connectivity index (χ4v) is 7.59. The van der Waals surface area contributed by atoms with Crippen LogP contribution in [-0.4, -0.2) is 66.7 Å². The fourth-order valence-electron chi connectivity index (χ4n) is 3.17. The third-order valence-electron chi connectivity index (χ3n) is 4.61. The lowest BCUT2D eigenvalue weighted by atomic mass is 10.0. The molecule has 2 aliphatic heterocycles. The van der Waals surface area contributed by atoms with E-state index < -0.39 is 23.3 Å². The molecule has 1 aromatic carbocycles. The van der Waals surface area contributed by atoms with Crippen LogP contribution in [0.1, 0.15) is 0 Å². The second kappa shape index (κ2) is 10.3. The van der Waals surface area contributed by atoms with Gasteiger partial charge in [-0.2, -0.15) is 0 Å². The molecule has 15 heteroatoms. The standard InChI is InChI=1S/C18H15Cl2N5O4S4/c19-8-1-2-9(20)10(3-8)30-6-11(26)22-12-14(27)25-13(16(28)29)7(4-31-15(12)25)5-32-18-24-23-17(21)33-18/h1-3,12,15H,4-6H2,(H2,21,23)(H,22,26)(H,28,29)/t12?,15-/m1/s1. The Morgan fingerprint density at radius 1 is 1.30 bits per heavy atom. The van der Waals surface area contributed by atoms with Crippen molar-refractivity contribution < 1.29 is 19.5 Å². The Kier molecular flexibility index (Phi) is 7.66. The predicted octanol–water partition coefficient (Wildman–Crippen LogP) is 3.05. The molecule has 9 nitrogen and oxygen atoms in total. The van der Waals surface area contributed by atoms with Crippen molar-refractivity contribution in [2.24, 2.45) is 0 Å². The van der Waals surface area contributed by atoms with Gasteiger partial charge in [-0.1, -0.05) is 46.3 Å². The molecule has 4 N–H and O–H groups in total. The summed E-state index contributed by atoms with van der Waals surface area (Å²) in [5.41, 5.74) is 6.14. The lowest BCUT2D eigenvalue weighted by Gasteiger charge is -2.49. The molecule has 2 amide bonds. The first-order valence-corrected chi connectivity index (χ1v) is 13.8. The maximum Gasteiger partial charge on any atom is 0.352 e. The van der Waals surface area contributed by atoms with Crippen molar-refractivity contribution in [3.8, 4) is 0 Å². The number of β-lactam (4-membered cyclic amide) rings is 1. The SMILES string of the molecule is Nc1nnc(SCC2=C(C(=O)O)N3C(=O)C(NC(=O)CSc4cc(Cl)ccc4Cl)[C@H]3SC2)s1. The Balaban J connectivity index is 1.38. The molecule has 0 aliphatic carbocycles. The molecule has 1 unspecified atom stereocenters. The number of nitrogens with two attached hydrogens (primary N) is 1. The average molecular weight is 565 g/mol. The smallest absolute Gasteiger partial charge is 0.352 e. The van der Waals surface area contributed by atoms with Crippen LogP contribution >= 0.6 is 69.8 Å². The Hall–Kier alpha value is -1.64. The van der Waals surface area contributed by atoms with E-state index in [9.17, 15) is 19.5 Å². The number of thioether (sulfide) groups is 3. The van der Waals surface area contributed by atoms with Gasteiger partial charge in [-0.25, -0.2) is 4.79 Å². The quantitative estimate of drug-likeness (QED) is 0.324. The minimum Gasteiger partial charge on any atom is -0.477 e. The Morgan fingerprint density at radius 2 is 2.09 bits per heavy atom. The Bertz CT molecular complexity index is 1160. The number of carboxylic acids is 1. The zero-order chi connectivity index (χ0) is 23.7. The molecule has 0 radical (unpaired) electrons. The minimum atomic E-state index is -1.18. The second-order valence-corrected chi connectivity index (χ2v) is 12.0. The number of fused-ring (bicyclic) bond motifs is 1. The average Bonchev–Trinajstić information content (AvgIpc) is 3.20. The number of aromatic nitrogens is 2. The van der Waals surface area contributed by atoms with Gasteiger partial charge in [0.2, 0.25) is 11.0 Å². The van der Waals surface area contributed by atoms with Gasteiger partial charge < -0.3 is 16.2 Å². The summed E-state index contributed by atoms with van der Waals surface area (Å²) in [4.78, 5) is 39.0. The largest absolute Gasteiger partial charge is 0.477 e. The summed E-state index contributed by atoms with van der Waals surface area (Å²) >= 11 is 17.2. The van der Waals surface area contributed by atoms with Gasteiger partial charge in [-0.15, -0.1) is 33.7 Å². The maximum absolute atomic E-state index is 12.8. The third kappa shape index (κ3) is 5.38. The molecule has 2 aliphatic rings. The van der Waals surface area contributed by atoms with Crippen LogP contribution in [0.2, 0.25) is 10.0 Å². The van der Waals surface area contributed by atoms with E-state index in [-0.39, 0.29) is 17.4 Å². The van der Waals surface area contributed by atoms with Crippen molar-refractivity contribution in [2.75, 3.05) is 23.0 Å². The molecule has 0 bridgehead atoms. The number of hydrogen-bond acceptors (Lipinski definition) is 10. The summed E-state index contributed by atoms with van der Waals surface area (Å²) in [5, 5.41) is 20.9. The fraction of sp³-hybridized carbons (Fsp3) is 0.278. The van der Waals surface area contributed by atoms with E-state index in [1.807, 2.05) is 0 Å². The molecular weight excluding hydrogens is 549 g/mol. The van der Waals surface area contributed by atoms with Crippen LogP contribution < -0.4 is 11.1 Å². The van der Waals surface area contributed by atoms with E-state index in [0.29, 0.717) is 41.5 Å². The highest BCUT2D eigenvalue weighted by atomic mass is 35.5. The number of anilines is 1. The van der Waals surface area contributed by atoms with Crippen LogP contribution in [0.5, 0.6) is 0 Å². The van der Waals surface area contributed by atoms with E-state index in [4.69, 9.17) is 28.9 Å². The number of carboxylic acid groups (broad SMARTS) is 1. The van der Waals surface area contributed by atoms with Crippen molar-refractivity contribution in [1.82, 2.24) is 20.4 Å². The highest BCUT2D eigenvalue weighted by molar-refractivity contribution is 8.02. The normalized spacial score (nSPS) is 19.8. The first-order valence-electron chi connectivity index (χ1n) is 9.23. The van der Waals surface area contributed by atoms with Gasteiger partial charge in [0, 0.05) is 21.4 Å². The molecule has 1 aromatic heterocycles. The van der Waals surface area contributed by atoms with Crippen LogP contribution in [0.4, 0.5) is 5.13 Å². The van der Waals surface area contributed by atoms with Gasteiger partial charge in [-0.05, 0) is 23.8 Å². The zero-order valence-electron chi connectivity index (χ0n) is 16.5. The first kappa shape index (κ1) is 24.5. The molecule has 4 rings (SSSR count). The van der Waals surface area contributed by atoms with Crippen LogP contribution in [0.15, 0.2) is 38.7 Å². The van der Waals surface area contributed by atoms with Crippen LogP contribution in [-0.2, 0) is 14.4 Å². The highest BCUT2D eigenvalue weighted by Gasteiger charge is 2.54. The van der Waals surface area contributed by atoms with Gasteiger partial charge in [0.25, 0.3) is 5.91 Å². The molecule has 174 valence electrons. The van der Waals surface area contributed by atoms with Crippen LogP contribution in [0.25, 0.3) is 0 Å². The summed E-state index contributed by atoms with van der Waals surface area (Å²) in [7, 11) is 0. The number of carbonyl (C=O) groups is 3. The van der Waals surface area contributed by atoms with Gasteiger partial charge in [0.05, 0.1) is 10.8 Å². The van der Waals surface area contributed by atoms with E-state index in [1.165, 1.54) is 51.5 Å². The molecule has 0 spiro atoms. The monoisotopic (exact) mass is 563 g/mol. The summed E-state index contributed by atoms with van der Waals surface area (Å²) in [6.07, 6.45) is 0. The summed E-state index contributed by atoms with van der Waals surface area (Å²) in [5.74, 6) is -1.20. The van der Waals surface area contributed by atoms with Crippen molar-refractivity contribution in [1.29, 1.82) is 0 Å². The van der Waals surface area contributed by atoms with Crippen molar-refractivity contribution in [3.63, 3.8) is 0 Å². The van der Waals surface area contributed by atoms with Gasteiger partial charge in [-0.3, -0.25) is 14.5 Å². The number of benzene rings is 1. The number of aliphatic carboxylic acids is 1. The van der Waals surface area contributed by atoms with Gasteiger partial charge >= 0.3 is 5.97 Å². The number of nitrogens with zero attached hydrogens (tertiary/aromatic N) is 3. The van der Waals surface area contributed by atoms with E-state index in [0.717, 1.165) is 0 Å². The predicted molar refractivity (Wildman–Crippen MR) is 132 cm³/mol. The third-order valence-corrected chi connectivity index (χ3v) is 9.65. The number of nitrogen functional groups attached to an aromatic ring is 1. The number of hydrogen-bond donors (Lipinski definition) is 3. The number of rotatable bonds is 8. The van der Waals surface area contributed by atoms with E-state index in [2.05, 4.69) is 15.5 Å². The second-order valence-electron chi connectivity index (χ2n) is 6.77.